The third kappa shape index (κ3) is 3.16. The van der Waals surface area contributed by atoms with Crippen molar-refractivity contribution in [1.82, 2.24) is 14.3 Å². The fourth-order valence-corrected chi connectivity index (χ4v) is 3.89. The van der Waals surface area contributed by atoms with Crippen LogP contribution in [0.4, 0.5) is 5.69 Å². The zero-order chi connectivity index (χ0) is 21.5. The molecule has 2 aliphatic rings. The van der Waals surface area contributed by atoms with E-state index in [1.54, 1.807) is 12.1 Å². The lowest BCUT2D eigenvalue weighted by Crippen LogP contribution is -2.16. The van der Waals surface area contributed by atoms with Gasteiger partial charge >= 0.3 is 0 Å². The van der Waals surface area contributed by atoms with Crippen LogP contribution in [0.3, 0.4) is 0 Å². The van der Waals surface area contributed by atoms with E-state index in [0.717, 1.165) is 27.7 Å². The van der Waals surface area contributed by atoms with Crippen LogP contribution in [-0.2, 0) is 6.54 Å². The minimum absolute atomic E-state index is 0.0513. The van der Waals surface area contributed by atoms with Crippen molar-refractivity contribution in [2.24, 2.45) is 0 Å². The van der Waals surface area contributed by atoms with Crippen LogP contribution in [0.2, 0.25) is 0 Å². The second-order valence-corrected chi connectivity index (χ2v) is 7.46. The van der Waals surface area contributed by atoms with Crippen LogP contribution >= 0.6 is 0 Å². The van der Waals surface area contributed by atoms with E-state index in [0.29, 0.717) is 17.8 Å². The second-order valence-electron chi connectivity index (χ2n) is 7.46. The molecule has 0 atom stereocenters. The lowest BCUT2D eigenvalue weighted by atomic mass is 10.1. The van der Waals surface area contributed by atoms with Gasteiger partial charge in [-0.1, -0.05) is 48.5 Å². The number of fused-ring (bicyclic) bond motifs is 3. The third-order valence-electron chi connectivity index (χ3n) is 5.48. The van der Waals surface area contributed by atoms with Crippen LogP contribution in [0.15, 0.2) is 83.8 Å². The first-order chi connectivity index (χ1) is 15.0. The topological polar surface area (TPSA) is 83.0 Å². The number of nitrogens with zero attached hydrogens (tertiary/aromatic N) is 4. The maximum absolute atomic E-state index is 13.3. The molecule has 0 aromatic heterocycles. The average molecular weight is 410 g/mol. The van der Waals surface area contributed by atoms with E-state index in [9.17, 15) is 14.9 Å². The van der Waals surface area contributed by atoms with Crippen molar-refractivity contribution in [3.8, 4) is 16.9 Å². The number of nitro benzene ring substituents is 1. The molecular formula is C24H18N4O3. The summed E-state index contributed by atoms with van der Waals surface area (Å²) in [6, 6.07) is 21.9. The van der Waals surface area contributed by atoms with Gasteiger partial charge in [-0.3, -0.25) is 14.9 Å². The van der Waals surface area contributed by atoms with Gasteiger partial charge < -0.3 is 4.57 Å². The van der Waals surface area contributed by atoms with Crippen molar-refractivity contribution in [1.29, 1.82) is 0 Å². The van der Waals surface area contributed by atoms with Crippen molar-refractivity contribution < 1.29 is 4.92 Å². The fraction of sp³-hybridized carbons (Fsp3) is 0.0833. The molecule has 5 rings (SSSR count). The van der Waals surface area contributed by atoms with Crippen LogP contribution in [0.5, 0.6) is 0 Å². The number of non-ortho nitro benzene ring substituents is 1. The van der Waals surface area contributed by atoms with E-state index in [-0.39, 0.29) is 11.2 Å². The van der Waals surface area contributed by atoms with Crippen molar-refractivity contribution in [2.75, 3.05) is 0 Å². The minimum Gasteiger partial charge on any atom is -0.342 e. The van der Waals surface area contributed by atoms with Crippen molar-refractivity contribution in [3.05, 3.63) is 111 Å². The molecule has 7 nitrogen and oxygen atoms in total. The minimum atomic E-state index is -0.415. The molecule has 0 fully saturated rings. The molecule has 0 amide bonds. The van der Waals surface area contributed by atoms with Crippen molar-refractivity contribution >= 4 is 16.6 Å². The largest absolute Gasteiger partial charge is 0.342 e. The Morgan fingerprint density at radius 2 is 1.68 bits per heavy atom. The summed E-state index contributed by atoms with van der Waals surface area (Å²) >= 11 is 0. The van der Waals surface area contributed by atoms with E-state index in [1.165, 1.54) is 16.8 Å². The van der Waals surface area contributed by atoms with E-state index in [1.807, 2.05) is 66.2 Å². The molecule has 0 radical (unpaired) electrons. The summed E-state index contributed by atoms with van der Waals surface area (Å²) in [6.45, 7) is 2.43. The van der Waals surface area contributed by atoms with Crippen LogP contribution in [0.25, 0.3) is 27.8 Å². The molecule has 2 heterocycles. The highest BCUT2D eigenvalue weighted by Crippen LogP contribution is 2.29. The van der Waals surface area contributed by atoms with Gasteiger partial charge in [0.15, 0.2) is 0 Å². The van der Waals surface area contributed by atoms with Crippen molar-refractivity contribution in [3.63, 3.8) is 0 Å². The maximum atomic E-state index is 13.3. The number of nitro groups is 1. The van der Waals surface area contributed by atoms with Gasteiger partial charge in [0.25, 0.3) is 11.2 Å². The Morgan fingerprint density at radius 1 is 0.968 bits per heavy atom. The molecular weight excluding hydrogens is 392 g/mol. The molecule has 0 N–H and O–H groups in total. The predicted octanol–water partition coefficient (Wildman–Crippen LogP) is 4.56. The molecule has 7 heteroatoms. The molecule has 0 unspecified atom stereocenters. The van der Waals surface area contributed by atoms with Gasteiger partial charge in [0, 0.05) is 30.3 Å². The molecule has 0 saturated carbocycles. The SMILES string of the molecule is Cc1ccccc1-n1nc2c3ccccc3n(Cc3ccc([N+](=O)[O-])cc3)cc-2c1=O. The Labute approximate surface area is 177 Å². The number of hydrogen-bond donors (Lipinski definition) is 0. The van der Waals surface area contributed by atoms with Crippen LogP contribution < -0.4 is 5.56 Å². The number of pyridine rings is 1. The normalized spacial score (nSPS) is 11.3. The Balaban J connectivity index is 1.70. The molecule has 152 valence electrons. The van der Waals surface area contributed by atoms with Gasteiger partial charge in [0.05, 0.1) is 21.7 Å². The summed E-state index contributed by atoms with van der Waals surface area (Å²) in [6.07, 6.45) is 1.82. The highest BCUT2D eigenvalue weighted by atomic mass is 16.6. The highest BCUT2D eigenvalue weighted by Gasteiger charge is 2.21. The number of para-hydroxylation sites is 2. The molecule has 3 aromatic rings. The lowest BCUT2D eigenvalue weighted by molar-refractivity contribution is -0.384. The Kier molecular flexibility index (Phi) is 4.36. The number of rotatable bonds is 4. The lowest BCUT2D eigenvalue weighted by Gasteiger charge is -2.13. The quantitative estimate of drug-likeness (QED) is 0.321. The smallest absolute Gasteiger partial charge is 0.282 e. The fourth-order valence-electron chi connectivity index (χ4n) is 3.89. The first-order valence-corrected chi connectivity index (χ1v) is 9.83. The summed E-state index contributed by atoms with van der Waals surface area (Å²) in [5.41, 5.74) is 4.63. The molecule has 0 aliphatic carbocycles. The zero-order valence-electron chi connectivity index (χ0n) is 16.7. The Hall–Kier alpha value is -4.26. The first kappa shape index (κ1) is 18.7. The van der Waals surface area contributed by atoms with Gasteiger partial charge in [0.1, 0.15) is 5.69 Å². The average Bonchev–Trinajstić information content (AvgIpc) is 3.11. The zero-order valence-corrected chi connectivity index (χ0v) is 16.7. The number of benzene rings is 3. The molecule has 31 heavy (non-hydrogen) atoms. The maximum Gasteiger partial charge on any atom is 0.282 e. The standard InChI is InChI=1S/C24H18N4O3/c1-16-6-2-4-8-21(16)27-24(29)20-15-26(14-17-10-12-18(13-11-17)28(30)31)22-9-5-3-7-19(22)23(20)25-27/h2-13,15H,14H2,1H3. The predicted molar refractivity (Wildman–Crippen MR) is 119 cm³/mol. The molecule has 0 saturated heterocycles. The van der Waals surface area contributed by atoms with Crippen LogP contribution in [0, 0.1) is 17.0 Å². The van der Waals surface area contributed by atoms with Gasteiger partial charge in [0.2, 0.25) is 0 Å². The van der Waals surface area contributed by atoms with Crippen LogP contribution in [0.1, 0.15) is 11.1 Å². The number of aryl methyl sites for hydroxylation is 1. The third-order valence-corrected chi connectivity index (χ3v) is 5.48. The summed E-state index contributed by atoms with van der Waals surface area (Å²) in [5, 5.41) is 16.5. The summed E-state index contributed by atoms with van der Waals surface area (Å²) in [4.78, 5) is 23.8. The van der Waals surface area contributed by atoms with Crippen molar-refractivity contribution in [2.45, 2.75) is 13.5 Å². The van der Waals surface area contributed by atoms with Crippen LogP contribution in [-0.4, -0.2) is 19.3 Å². The second kappa shape index (κ2) is 7.21. The van der Waals surface area contributed by atoms with Gasteiger partial charge in [-0.2, -0.15) is 9.78 Å². The highest BCUT2D eigenvalue weighted by molar-refractivity contribution is 5.93. The van der Waals surface area contributed by atoms with Gasteiger partial charge in [-0.15, -0.1) is 0 Å². The number of hydrogen-bond acceptors (Lipinski definition) is 4. The van der Waals surface area contributed by atoms with Gasteiger partial charge in [-0.25, -0.2) is 0 Å². The van der Waals surface area contributed by atoms with E-state index >= 15 is 0 Å². The monoisotopic (exact) mass is 410 g/mol. The van der Waals surface area contributed by atoms with E-state index < -0.39 is 4.92 Å². The van der Waals surface area contributed by atoms with Gasteiger partial charge in [-0.05, 0) is 30.2 Å². The Morgan fingerprint density at radius 3 is 2.42 bits per heavy atom. The first-order valence-electron chi connectivity index (χ1n) is 9.83. The number of aromatic nitrogens is 3. The summed E-state index contributed by atoms with van der Waals surface area (Å²) in [5.74, 6) is 0. The molecule has 2 aliphatic heterocycles. The van der Waals surface area contributed by atoms with E-state index in [4.69, 9.17) is 0 Å². The summed E-state index contributed by atoms with van der Waals surface area (Å²) < 4.78 is 3.45. The summed E-state index contributed by atoms with van der Waals surface area (Å²) in [7, 11) is 0. The molecule has 3 aromatic carbocycles. The van der Waals surface area contributed by atoms with E-state index in [2.05, 4.69) is 5.10 Å². The Bertz CT molecular complexity index is 1460. The molecule has 0 spiro atoms. The molecule has 0 bridgehead atoms.